The molecule has 1 amide bonds. The van der Waals surface area contributed by atoms with E-state index >= 15 is 0 Å². The predicted octanol–water partition coefficient (Wildman–Crippen LogP) is -1.32. The third kappa shape index (κ3) is 6.38. The molecule has 5 N–H and O–H groups in total. The van der Waals surface area contributed by atoms with Gasteiger partial charge in [-0.2, -0.15) is 0 Å². The van der Waals surface area contributed by atoms with E-state index in [1.54, 1.807) is 0 Å². The third-order valence-corrected chi connectivity index (χ3v) is 1.58. The van der Waals surface area contributed by atoms with Crippen LogP contribution in [-0.2, 0) is 9.59 Å². The summed E-state index contributed by atoms with van der Waals surface area (Å²) in [5.74, 6) is -1.42. The molecule has 2 unspecified atom stereocenters. The molecule has 0 fully saturated rings. The third-order valence-electron chi connectivity index (χ3n) is 1.58. The lowest BCUT2D eigenvalue weighted by Gasteiger charge is -2.11. The fourth-order valence-corrected chi connectivity index (χ4v) is 0.789. The number of carbonyl (C=O) groups excluding carboxylic acids is 1. The summed E-state index contributed by atoms with van der Waals surface area (Å²) in [6.07, 6.45) is -0.671. The Morgan fingerprint density at radius 1 is 1.50 bits per heavy atom. The molecule has 0 aliphatic heterocycles. The minimum absolute atomic E-state index is 0.0982. The van der Waals surface area contributed by atoms with Crippen molar-refractivity contribution in [3.8, 4) is 0 Å². The Hall–Kier alpha value is -1.14. The van der Waals surface area contributed by atoms with Gasteiger partial charge < -0.3 is 21.3 Å². The maximum absolute atomic E-state index is 11.1. The second kappa shape index (κ2) is 6.33. The standard InChI is InChI=1S/C8H16N2O4/c1-5(11)4-10-8(14)6(9)2-3-7(12)13/h5-6,11H,2-4,9H2,1H3,(H,10,14)(H,12,13). The number of rotatable bonds is 6. The van der Waals surface area contributed by atoms with E-state index in [0.717, 1.165) is 0 Å². The maximum atomic E-state index is 11.1. The van der Waals surface area contributed by atoms with Crippen LogP contribution >= 0.6 is 0 Å². The lowest BCUT2D eigenvalue weighted by molar-refractivity contribution is -0.137. The van der Waals surface area contributed by atoms with Crippen LogP contribution in [0.25, 0.3) is 0 Å². The van der Waals surface area contributed by atoms with Crippen LogP contribution < -0.4 is 11.1 Å². The number of carboxylic acids is 1. The maximum Gasteiger partial charge on any atom is 0.303 e. The summed E-state index contributed by atoms with van der Waals surface area (Å²) in [7, 11) is 0. The monoisotopic (exact) mass is 204 g/mol. The van der Waals surface area contributed by atoms with Gasteiger partial charge in [0.2, 0.25) is 5.91 Å². The van der Waals surface area contributed by atoms with Crippen LogP contribution in [0.4, 0.5) is 0 Å². The van der Waals surface area contributed by atoms with Crippen LogP contribution in [0.3, 0.4) is 0 Å². The van der Waals surface area contributed by atoms with E-state index in [-0.39, 0.29) is 19.4 Å². The lowest BCUT2D eigenvalue weighted by Crippen LogP contribution is -2.43. The Kier molecular flexibility index (Phi) is 5.82. The number of amides is 1. The average molecular weight is 204 g/mol. The highest BCUT2D eigenvalue weighted by Crippen LogP contribution is 1.94. The van der Waals surface area contributed by atoms with Gasteiger partial charge in [-0.3, -0.25) is 9.59 Å². The Morgan fingerprint density at radius 3 is 2.50 bits per heavy atom. The molecule has 82 valence electrons. The van der Waals surface area contributed by atoms with Crippen molar-refractivity contribution in [1.29, 1.82) is 0 Å². The number of aliphatic hydroxyl groups excluding tert-OH is 1. The molecule has 0 saturated carbocycles. The molecule has 0 aliphatic carbocycles. The molecular weight excluding hydrogens is 188 g/mol. The lowest BCUT2D eigenvalue weighted by atomic mass is 10.1. The number of carbonyl (C=O) groups is 2. The van der Waals surface area contributed by atoms with Crippen molar-refractivity contribution >= 4 is 11.9 Å². The molecule has 0 heterocycles. The first-order valence-electron chi connectivity index (χ1n) is 4.36. The zero-order valence-corrected chi connectivity index (χ0v) is 8.06. The van der Waals surface area contributed by atoms with Gasteiger partial charge in [-0.1, -0.05) is 0 Å². The number of aliphatic carboxylic acids is 1. The molecule has 0 bridgehead atoms. The summed E-state index contributed by atoms with van der Waals surface area (Å²) in [6.45, 7) is 1.66. The minimum atomic E-state index is -0.983. The molecule has 0 rings (SSSR count). The molecule has 2 atom stereocenters. The van der Waals surface area contributed by atoms with E-state index in [1.165, 1.54) is 6.92 Å². The molecule has 0 aliphatic rings. The van der Waals surface area contributed by atoms with Gasteiger partial charge in [-0.05, 0) is 13.3 Å². The van der Waals surface area contributed by atoms with E-state index in [0.29, 0.717) is 0 Å². The van der Waals surface area contributed by atoms with Crippen LogP contribution in [0, 0.1) is 0 Å². The first-order valence-corrected chi connectivity index (χ1v) is 4.36. The van der Waals surface area contributed by atoms with Crippen molar-refractivity contribution < 1.29 is 19.8 Å². The number of hydrogen-bond acceptors (Lipinski definition) is 4. The van der Waals surface area contributed by atoms with Gasteiger partial charge in [0, 0.05) is 13.0 Å². The van der Waals surface area contributed by atoms with Crippen LogP contribution in [0.1, 0.15) is 19.8 Å². The largest absolute Gasteiger partial charge is 0.481 e. The van der Waals surface area contributed by atoms with E-state index < -0.39 is 24.0 Å². The molecule has 0 saturated heterocycles. The SMILES string of the molecule is CC(O)CNC(=O)C(N)CCC(=O)O. The molecule has 0 aromatic rings. The molecular formula is C8H16N2O4. The highest BCUT2D eigenvalue weighted by molar-refractivity contribution is 5.82. The fourth-order valence-electron chi connectivity index (χ4n) is 0.789. The number of hydrogen-bond donors (Lipinski definition) is 4. The molecule has 0 spiro atoms. The van der Waals surface area contributed by atoms with Crippen molar-refractivity contribution in [2.45, 2.75) is 31.9 Å². The van der Waals surface area contributed by atoms with E-state index in [1.807, 2.05) is 0 Å². The first kappa shape index (κ1) is 12.9. The van der Waals surface area contributed by atoms with Gasteiger partial charge in [0.15, 0.2) is 0 Å². The summed E-state index contributed by atoms with van der Waals surface area (Å²) < 4.78 is 0. The molecule has 6 nitrogen and oxygen atoms in total. The summed E-state index contributed by atoms with van der Waals surface area (Å²) in [5, 5.41) is 19.6. The van der Waals surface area contributed by atoms with E-state index in [9.17, 15) is 9.59 Å². The topological polar surface area (TPSA) is 113 Å². The zero-order valence-electron chi connectivity index (χ0n) is 8.06. The average Bonchev–Trinajstić information content (AvgIpc) is 2.09. The highest BCUT2D eigenvalue weighted by Gasteiger charge is 2.14. The molecule has 0 radical (unpaired) electrons. The predicted molar refractivity (Wildman–Crippen MR) is 49.5 cm³/mol. The van der Waals surface area contributed by atoms with Crippen molar-refractivity contribution in [2.75, 3.05) is 6.54 Å². The quantitative estimate of drug-likeness (QED) is 0.428. The van der Waals surface area contributed by atoms with Crippen LogP contribution in [0.5, 0.6) is 0 Å². The van der Waals surface area contributed by atoms with Crippen molar-refractivity contribution in [2.24, 2.45) is 5.73 Å². The second-order valence-corrected chi connectivity index (χ2v) is 3.13. The number of aliphatic hydroxyl groups is 1. The minimum Gasteiger partial charge on any atom is -0.481 e. The second-order valence-electron chi connectivity index (χ2n) is 3.13. The smallest absolute Gasteiger partial charge is 0.303 e. The Morgan fingerprint density at radius 2 is 2.07 bits per heavy atom. The zero-order chi connectivity index (χ0) is 11.1. The first-order chi connectivity index (χ1) is 6.43. The Balaban J connectivity index is 3.70. The van der Waals surface area contributed by atoms with Gasteiger partial charge in [0.05, 0.1) is 12.1 Å². The van der Waals surface area contributed by atoms with Crippen LogP contribution in [0.15, 0.2) is 0 Å². The Labute approximate surface area is 82.1 Å². The summed E-state index contributed by atoms with van der Waals surface area (Å²) >= 11 is 0. The molecule has 14 heavy (non-hydrogen) atoms. The van der Waals surface area contributed by atoms with Crippen LogP contribution in [0.2, 0.25) is 0 Å². The summed E-state index contributed by atoms with van der Waals surface area (Å²) in [6, 6.07) is -0.829. The van der Waals surface area contributed by atoms with Gasteiger partial charge in [0.1, 0.15) is 0 Å². The number of nitrogens with two attached hydrogens (primary N) is 1. The molecule has 0 aromatic heterocycles. The number of nitrogens with one attached hydrogen (secondary N) is 1. The fraction of sp³-hybridized carbons (Fsp3) is 0.750. The summed E-state index contributed by atoms with van der Waals surface area (Å²) in [4.78, 5) is 21.3. The molecule has 6 heteroatoms. The molecule has 0 aromatic carbocycles. The highest BCUT2D eigenvalue weighted by atomic mass is 16.4. The van der Waals surface area contributed by atoms with Gasteiger partial charge in [0.25, 0.3) is 0 Å². The van der Waals surface area contributed by atoms with Crippen LogP contribution in [-0.4, -0.2) is 40.8 Å². The van der Waals surface area contributed by atoms with Gasteiger partial charge in [-0.25, -0.2) is 0 Å². The number of carboxylic acid groups (broad SMARTS) is 1. The van der Waals surface area contributed by atoms with E-state index in [2.05, 4.69) is 5.32 Å². The normalized spacial score (nSPS) is 14.5. The van der Waals surface area contributed by atoms with Crippen molar-refractivity contribution in [3.63, 3.8) is 0 Å². The van der Waals surface area contributed by atoms with Gasteiger partial charge in [-0.15, -0.1) is 0 Å². The summed E-state index contributed by atoms with van der Waals surface area (Å²) in [5.41, 5.74) is 5.39. The van der Waals surface area contributed by atoms with Crippen molar-refractivity contribution in [3.05, 3.63) is 0 Å². The van der Waals surface area contributed by atoms with Gasteiger partial charge >= 0.3 is 5.97 Å². The Bertz CT molecular complexity index is 206. The van der Waals surface area contributed by atoms with E-state index in [4.69, 9.17) is 15.9 Å². The van der Waals surface area contributed by atoms with Crippen molar-refractivity contribution in [1.82, 2.24) is 5.32 Å².